The number of allylic oxidation sites excluding steroid dienone is 1. The summed E-state index contributed by atoms with van der Waals surface area (Å²) in [4.78, 5) is 27.3. The zero-order valence-corrected chi connectivity index (χ0v) is 29.3. The van der Waals surface area contributed by atoms with Crippen LogP contribution < -0.4 is 10.2 Å². The smallest absolute Gasteiger partial charge is 0.163 e. The number of ether oxygens (including phenoxy) is 1. The van der Waals surface area contributed by atoms with Crippen LogP contribution in [0.4, 0.5) is 11.6 Å². The van der Waals surface area contributed by atoms with E-state index in [9.17, 15) is 4.79 Å². The maximum Gasteiger partial charge on any atom is 0.163 e. The molecule has 2 bridgehead atoms. The lowest BCUT2D eigenvalue weighted by Gasteiger charge is -2.39. The Morgan fingerprint density at radius 2 is 1.88 bits per heavy atom. The van der Waals surface area contributed by atoms with Crippen LogP contribution >= 0.6 is 0 Å². The molecule has 49 heavy (non-hydrogen) atoms. The third-order valence-corrected chi connectivity index (χ3v) is 10.1. The number of aromatic nitrogens is 4. The summed E-state index contributed by atoms with van der Waals surface area (Å²) in [6.07, 6.45) is 12.5. The van der Waals surface area contributed by atoms with Gasteiger partial charge in [0.1, 0.15) is 11.6 Å². The predicted octanol–water partition coefficient (Wildman–Crippen LogP) is 7.06. The molecule has 2 fully saturated rings. The summed E-state index contributed by atoms with van der Waals surface area (Å²) < 4.78 is 7.75. The minimum absolute atomic E-state index is 0.102. The predicted molar refractivity (Wildman–Crippen MR) is 197 cm³/mol. The Kier molecular flexibility index (Phi) is 9.47. The lowest BCUT2D eigenvalue weighted by Crippen LogP contribution is -2.45. The monoisotopic (exact) mass is 657 g/mol. The molecule has 0 aliphatic carbocycles. The third-order valence-electron chi connectivity index (χ3n) is 10.1. The molecule has 9 heteroatoms. The topological polar surface area (TPSA) is 87.9 Å². The Morgan fingerprint density at radius 3 is 2.63 bits per heavy atom. The molecule has 254 valence electrons. The van der Waals surface area contributed by atoms with E-state index in [1.54, 1.807) is 6.08 Å². The molecule has 9 nitrogen and oxygen atoms in total. The van der Waals surface area contributed by atoms with Crippen LogP contribution in [0.3, 0.4) is 0 Å². The van der Waals surface area contributed by atoms with Crippen molar-refractivity contribution in [2.75, 3.05) is 38.0 Å². The number of hydrogen-bond donors (Lipinski definition) is 1. The zero-order chi connectivity index (χ0) is 34.1. The number of benzene rings is 2. The van der Waals surface area contributed by atoms with E-state index in [4.69, 9.17) is 19.8 Å². The second kappa shape index (κ2) is 14.1. The molecular formula is C40H47N7O2. The standard InChI is InChI=1S/C40H47N7O2/c1-26(2)36-25-43-47-37(23-38(44-40(36)47)46-30-13-14-31(46)22-33(21-30)49-5)42-24-29-9-6-7-11-34(29)39-35-15-12-27(19-28(35)16-17-41-39)20-32(48)10-8-18-45(3)4/h6-12,15-17,19,23,25-26,30-31,33,42H,13-14,18,20-22,24H2,1-5H3/b10-8+. The van der Waals surface area contributed by atoms with Crippen LogP contribution in [0.1, 0.15) is 62.1 Å². The third kappa shape index (κ3) is 6.82. The number of nitrogens with zero attached hydrogens (tertiary/aromatic N) is 6. The average molecular weight is 658 g/mol. The van der Waals surface area contributed by atoms with Gasteiger partial charge in [-0.3, -0.25) is 9.78 Å². The summed E-state index contributed by atoms with van der Waals surface area (Å²) in [7, 11) is 5.82. The number of ketones is 1. The van der Waals surface area contributed by atoms with Gasteiger partial charge in [-0.25, -0.2) is 4.98 Å². The number of pyridine rings is 1. The van der Waals surface area contributed by atoms with Gasteiger partial charge in [0.05, 0.1) is 18.0 Å². The maximum absolute atomic E-state index is 12.6. The van der Waals surface area contributed by atoms with E-state index in [2.05, 4.69) is 66.5 Å². The first-order valence-electron chi connectivity index (χ1n) is 17.5. The molecule has 0 amide bonds. The molecule has 7 rings (SSSR count). The van der Waals surface area contributed by atoms with Gasteiger partial charge in [-0.2, -0.15) is 9.61 Å². The molecule has 5 aromatic rings. The number of carbonyl (C=O) groups is 1. The van der Waals surface area contributed by atoms with E-state index in [0.29, 0.717) is 37.1 Å². The van der Waals surface area contributed by atoms with Gasteiger partial charge in [-0.15, -0.1) is 0 Å². The second-order valence-corrected chi connectivity index (χ2v) is 14.1. The summed E-state index contributed by atoms with van der Waals surface area (Å²) in [6.45, 7) is 5.73. The van der Waals surface area contributed by atoms with Crippen LogP contribution in [0.2, 0.25) is 0 Å². The van der Waals surface area contributed by atoms with Crippen molar-refractivity contribution < 1.29 is 9.53 Å². The van der Waals surface area contributed by atoms with Gasteiger partial charge in [0.2, 0.25) is 0 Å². The average Bonchev–Trinajstić information content (AvgIpc) is 3.64. The summed E-state index contributed by atoms with van der Waals surface area (Å²) in [5.74, 6) is 2.35. The molecule has 5 heterocycles. The molecule has 0 radical (unpaired) electrons. The molecule has 0 saturated carbocycles. The highest BCUT2D eigenvalue weighted by Gasteiger charge is 2.42. The van der Waals surface area contributed by atoms with Gasteiger partial charge in [0.15, 0.2) is 11.4 Å². The number of methoxy groups -OCH3 is 1. The number of likely N-dealkylation sites (N-methyl/N-ethyl adjacent to an activating group) is 1. The molecule has 2 atom stereocenters. The number of anilines is 2. The number of piperidine rings is 1. The van der Waals surface area contributed by atoms with Crippen molar-refractivity contribution in [3.63, 3.8) is 0 Å². The van der Waals surface area contributed by atoms with E-state index in [0.717, 1.165) is 75.4 Å². The SMILES string of the molecule is COC1CC2CCC(C1)N2c1cc(NCc2ccccc2-c2nccc3cc(CC(=O)/C=C/CN(C)C)ccc23)n2ncc(C(C)C)c2n1. The first-order chi connectivity index (χ1) is 23.8. The van der Waals surface area contributed by atoms with E-state index >= 15 is 0 Å². The van der Waals surface area contributed by atoms with E-state index in [1.165, 1.54) is 12.8 Å². The fourth-order valence-corrected chi connectivity index (χ4v) is 7.62. The van der Waals surface area contributed by atoms with E-state index in [-0.39, 0.29) is 5.78 Å². The summed E-state index contributed by atoms with van der Waals surface area (Å²) in [6, 6.07) is 19.8. The molecule has 0 spiro atoms. The van der Waals surface area contributed by atoms with Gasteiger partial charge in [-0.1, -0.05) is 62.4 Å². The van der Waals surface area contributed by atoms with Crippen molar-refractivity contribution in [2.45, 2.75) is 76.6 Å². The zero-order valence-electron chi connectivity index (χ0n) is 29.3. The van der Waals surface area contributed by atoms with Crippen LogP contribution in [0.25, 0.3) is 27.7 Å². The van der Waals surface area contributed by atoms with Crippen LogP contribution in [-0.2, 0) is 22.5 Å². The van der Waals surface area contributed by atoms with Crippen molar-refractivity contribution in [3.05, 3.63) is 95.8 Å². The van der Waals surface area contributed by atoms with Gasteiger partial charge in [0, 0.05) is 67.5 Å². The molecule has 2 saturated heterocycles. The van der Waals surface area contributed by atoms with Gasteiger partial charge in [0.25, 0.3) is 0 Å². The Hall–Kier alpha value is -4.60. The minimum Gasteiger partial charge on any atom is -0.381 e. The molecule has 2 aliphatic heterocycles. The highest BCUT2D eigenvalue weighted by Crippen LogP contribution is 2.41. The lowest BCUT2D eigenvalue weighted by molar-refractivity contribution is -0.114. The highest BCUT2D eigenvalue weighted by atomic mass is 16.5. The first-order valence-corrected chi connectivity index (χ1v) is 17.5. The minimum atomic E-state index is 0.102. The van der Waals surface area contributed by atoms with Crippen molar-refractivity contribution >= 4 is 33.8 Å². The number of hydrogen-bond acceptors (Lipinski definition) is 8. The fraction of sp³-hybridized carbons (Fsp3) is 0.400. The molecule has 1 N–H and O–H groups in total. The second-order valence-electron chi connectivity index (χ2n) is 14.1. The normalized spacial score (nSPS) is 19.2. The summed E-state index contributed by atoms with van der Waals surface area (Å²) in [5.41, 5.74) is 6.19. The molecule has 3 aromatic heterocycles. The largest absolute Gasteiger partial charge is 0.381 e. The highest BCUT2D eigenvalue weighted by molar-refractivity contribution is 5.97. The lowest BCUT2D eigenvalue weighted by atomic mass is 9.97. The summed E-state index contributed by atoms with van der Waals surface area (Å²) in [5, 5.41) is 10.7. The summed E-state index contributed by atoms with van der Waals surface area (Å²) >= 11 is 0. The first kappa shape index (κ1) is 32.9. The van der Waals surface area contributed by atoms with Crippen LogP contribution in [-0.4, -0.2) is 76.2 Å². The quantitative estimate of drug-likeness (QED) is 0.143. The fourth-order valence-electron chi connectivity index (χ4n) is 7.62. The number of rotatable bonds is 12. The Balaban J connectivity index is 1.18. The Labute approximate surface area is 289 Å². The number of nitrogens with one attached hydrogen (secondary N) is 1. The van der Waals surface area contributed by atoms with Gasteiger partial charge < -0.3 is 19.9 Å². The molecule has 2 unspecified atom stereocenters. The Morgan fingerprint density at radius 1 is 1.08 bits per heavy atom. The number of fused-ring (bicyclic) bond motifs is 4. The van der Waals surface area contributed by atoms with Crippen LogP contribution in [0, 0.1) is 0 Å². The van der Waals surface area contributed by atoms with Crippen molar-refractivity contribution in [2.24, 2.45) is 0 Å². The van der Waals surface area contributed by atoms with Crippen LogP contribution in [0.5, 0.6) is 0 Å². The van der Waals surface area contributed by atoms with Crippen LogP contribution in [0.15, 0.2) is 79.1 Å². The van der Waals surface area contributed by atoms with E-state index in [1.807, 2.05) is 61.2 Å². The molecule has 2 aliphatic rings. The Bertz CT molecular complexity index is 1980. The molecule has 2 aromatic carbocycles. The van der Waals surface area contributed by atoms with Gasteiger partial charge >= 0.3 is 0 Å². The van der Waals surface area contributed by atoms with Crippen molar-refractivity contribution in [1.82, 2.24) is 24.5 Å². The molecular weight excluding hydrogens is 610 g/mol. The maximum atomic E-state index is 12.6. The number of carbonyl (C=O) groups excluding carboxylic acids is 1. The van der Waals surface area contributed by atoms with E-state index < -0.39 is 0 Å². The van der Waals surface area contributed by atoms with Crippen molar-refractivity contribution in [3.8, 4) is 11.3 Å². The van der Waals surface area contributed by atoms with Gasteiger partial charge in [-0.05, 0) is 74.4 Å². The van der Waals surface area contributed by atoms with Crippen molar-refractivity contribution in [1.29, 1.82) is 0 Å².